The molecule has 0 aliphatic heterocycles. The van der Waals surface area contributed by atoms with Crippen molar-refractivity contribution < 1.29 is 9.96 Å². The van der Waals surface area contributed by atoms with Crippen molar-refractivity contribution in [3.63, 3.8) is 0 Å². The van der Waals surface area contributed by atoms with Crippen LogP contribution in [0.2, 0.25) is 0 Å². The first kappa shape index (κ1) is 14.0. The molecule has 0 fully saturated rings. The quantitative estimate of drug-likeness (QED) is 0.470. The van der Waals surface area contributed by atoms with Gasteiger partial charge in [-0.1, -0.05) is 13.2 Å². The SMILES string of the molecule is C=C(C)C[N+](C)(C)CC(=C)C.[OH-]. The van der Waals surface area contributed by atoms with Gasteiger partial charge in [0.25, 0.3) is 0 Å². The van der Waals surface area contributed by atoms with Gasteiger partial charge in [-0.2, -0.15) is 0 Å². The summed E-state index contributed by atoms with van der Waals surface area (Å²) >= 11 is 0. The zero-order valence-electron chi connectivity index (χ0n) is 8.72. The maximum absolute atomic E-state index is 3.90. The summed E-state index contributed by atoms with van der Waals surface area (Å²) in [6.07, 6.45) is 0. The van der Waals surface area contributed by atoms with E-state index in [1.165, 1.54) is 11.1 Å². The maximum Gasteiger partial charge on any atom is 0.0996 e. The fraction of sp³-hybridized carbons (Fsp3) is 0.600. The predicted octanol–water partition coefficient (Wildman–Crippen LogP) is 2.04. The minimum Gasteiger partial charge on any atom is -0.870 e. The summed E-state index contributed by atoms with van der Waals surface area (Å²) < 4.78 is 0.963. The second kappa shape index (κ2) is 5.12. The molecular weight excluding hydrogens is 150 g/mol. The summed E-state index contributed by atoms with van der Waals surface area (Å²) in [7, 11) is 4.40. The highest BCUT2D eigenvalue weighted by Gasteiger charge is 2.14. The standard InChI is InChI=1S/C10H20N.H2O/c1-9(2)7-11(5,6)8-10(3)4;/h1,3,7-8H2,2,4-6H3;1H2/q+1;/p-1. The molecular formula is C10H21NO. The van der Waals surface area contributed by atoms with Gasteiger partial charge in [-0.25, -0.2) is 0 Å². The molecule has 1 N–H and O–H groups in total. The Morgan fingerprint density at radius 1 is 1.00 bits per heavy atom. The molecule has 0 amide bonds. The molecule has 0 aliphatic rings. The first-order valence-corrected chi connectivity index (χ1v) is 3.94. The van der Waals surface area contributed by atoms with Crippen molar-refractivity contribution in [1.82, 2.24) is 0 Å². The van der Waals surface area contributed by atoms with Crippen LogP contribution in [-0.2, 0) is 0 Å². The average molecular weight is 171 g/mol. The predicted molar refractivity (Wildman–Crippen MR) is 53.4 cm³/mol. The molecule has 0 heterocycles. The van der Waals surface area contributed by atoms with Gasteiger partial charge in [-0.05, 0) is 25.0 Å². The smallest absolute Gasteiger partial charge is 0.0996 e. The van der Waals surface area contributed by atoms with Crippen LogP contribution in [0.1, 0.15) is 13.8 Å². The summed E-state index contributed by atoms with van der Waals surface area (Å²) in [4.78, 5) is 0. The Kier molecular flexibility index (Phi) is 5.95. The van der Waals surface area contributed by atoms with Crippen molar-refractivity contribution in [2.24, 2.45) is 0 Å². The molecule has 0 aliphatic carbocycles. The van der Waals surface area contributed by atoms with Crippen LogP contribution in [0.25, 0.3) is 0 Å². The maximum atomic E-state index is 3.90. The molecule has 0 spiro atoms. The fourth-order valence-electron chi connectivity index (χ4n) is 1.52. The van der Waals surface area contributed by atoms with Crippen LogP contribution < -0.4 is 0 Å². The van der Waals surface area contributed by atoms with Gasteiger partial charge in [-0.15, -0.1) is 0 Å². The summed E-state index contributed by atoms with van der Waals surface area (Å²) in [6, 6.07) is 0. The van der Waals surface area contributed by atoms with Crippen LogP contribution in [0.3, 0.4) is 0 Å². The van der Waals surface area contributed by atoms with Crippen LogP contribution >= 0.6 is 0 Å². The molecule has 0 unspecified atom stereocenters. The summed E-state index contributed by atoms with van der Waals surface area (Å²) in [5.74, 6) is 0. The molecule has 0 saturated carbocycles. The van der Waals surface area contributed by atoms with Gasteiger partial charge in [0, 0.05) is 0 Å². The van der Waals surface area contributed by atoms with E-state index in [4.69, 9.17) is 0 Å². The highest BCUT2D eigenvalue weighted by molar-refractivity contribution is 4.91. The molecule has 12 heavy (non-hydrogen) atoms. The lowest BCUT2D eigenvalue weighted by Gasteiger charge is -2.30. The highest BCUT2D eigenvalue weighted by Crippen LogP contribution is 2.05. The highest BCUT2D eigenvalue weighted by atomic mass is 16.0. The Balaban J connectivity index is 0. The number of rotatable bonds is 4. The van der Waals surface area contributed by atoms with Crippen molar-refractivity contribution in [1.29, 1.82) is 0 Å². The van der Waals surface area contributed by atoms with E-state index in [1.807, 2.05) is 0 Å². The minimum atomic E-state index is 0. The van der Waals surface area contributed by atoms with E-state index < -0.39 is 0 Å². The number of quaternary nitrogens is 1. The molecule has 2 nitrogen and oxygen atoms in total. The lowest BCUT2D eigenvalue weighted by molar-refractivity contribution is -0.880. The van der Waals surface area contributed by atoms with Gasteiger partial charge in [0.2, 0.25) is 0 Å². The van der Waals surface area contributed by atoms with Crippen molar-refractivity contribution in [2.45, 2.75) is 13.8 Å². The monoisotopic (exact) mass is 171 g/mol. The fourth-order valence-corrected chi connectivity index (χ4v) is 1.52. The Bertz CT molecular complexity index is 153. The van der Waals surface area contributed by atoms with Crippen LogP contribution in [-0.4, -0.2) is 37.1 Å². The second-order valence-electron chi connectivity index (χ2n) is 4.17. The van der Waals surface area contributed by atoms with E-state index in [2.05, 4.69) is 41.1 Å². The minimum absolute atomic E-state index is 0. The Hall–Kier alpha value is -0.600. The molecule has 2 heteroatoms. The number of hydrogen-bond donors (Lipinski definition) is 0. The van der Waals surface area contributed by atoms with Gasteiger partial charge >= 0.3 is 0 Å². The average Bonchev–Trinajstić information content (AvgIpc) is 1.53. The summed E-state index contributed by atoms with van der Waals surface area (Å²) in [5, 5.41) is 0. The number of likely N-dealkylation sites (N-methyl/N-ethyl adjacent to an activating group) is 1. The Morgan fingerprint density at radius 2 is 1.25 bits per heavy atom. The van der Waals surface area contributed by atoms with Crippen LogP contribution in [0.15, 0.2) is 24.3 Å². The molecule has 0 rings (SSSR count). The van der Waals surface area contributed by atoms with Crippen molar-refractivity contribution in [3.05, 3.63) is 24.3 Å². The Morgan fingerprint density at radius 3 is 1.42 bits per heavy atom. The third-order valence-electron chi connectivity index (χ3n) is 1.40. The molecule has 72 valence electrons. The van der Waals surface area contributed by atoms with Gasteiger partial charge < -0.3 is 9.96 Å². The topological polar surface area (TPSA) is 30.0 Å². The first-order chi connectivity index (χ1) is 4.83. The molecule has 0 saturated heterocycles. The Labute approximate surface area is 76.1 Å². The van der Waals surface area contributed by atoms with E-state index in [-0.39, 0.29) is 5.48 Å². The van der Waals surface area contributed by atoms with Crippen LogP contribution in [0.5, 0.6) is 0 Å². The van der Waals surface area contributed by atoms with Gasteiger partial charge in [0.15, 0.2) is 0 Å². The van der Waals surface area contributed by atoms with E-state index >= 15 is 0 Å². The zero-order valence-corrected chi connectivity index (χ0v) is 8.72. The second-order valence-corrected chi connectivity index (χ2v) is 4.17. The summed E-state index contributed by atoms with van der Waals surface area (Å²) in [5.41, 5.74) is 2.47. The van der Waals surface area contributed by atoms with Crippen molar-refractivity contribution in [2.75, 3.05) is 27.2 Å². The largest absolute Gasteiger partial charge is 0.870 e. The molecule has 0 aromatic carbocycles. The number of nitrogens with zero attached hydrogens (tertiary/aromatic N) is 1. The number of hydrogen-bond acceptors (Lipinski definition) is 1. The van der Waals surface area contributed by atoms with Crippen molar-refractivity contribution >= 4 is 0 Å². The zero-order chi connectivity index (χ0) is 9.07. The molecule has 0 atom stereocenters. The first-order valence-electron chi connectivity index (χ1n) is 3.94. The van der Waals surface area contributed by atoms with E-state index in [9.17, 15) is 0 Å². The normalized spacial score (nSPS) is 10.3. The van der Waals surface area contributed by atoms with Gasteiger partial charge in [0.1, 0.15) is 0 Å². The van der Waals surface area contributed by atoms with Gasteiger partial charge in [-0.3, -0.25) is 0 Å². The van der Waals surface area contributed by atoms with Gasteiger partial charge in [0.05, 0.1) is 27.2 Å². The van der Waals surface area contributed by atoms with E-state index in [0.717, 1.165) is 17.6 Å². The molecule has 0 radical (unpaired) electrons. The lowest BCUT2D eigenvalue weighted by Crippen LogP contribution is -2.41. The van der Waals surface area contributed by atoms with E-state index in [1.54, 1.807) is 0 Å². The third kappa shape index (κ3) is 7.51. The van der Waals surface area contributed by atoms with Crippen LogP contribution in [0, 0.1) is 0 Å². The molecule has 0 bridgehead atoms. The molecule has 0 aromatic rings. The van der Waals surface area contributed by atoms with Crippen molar-refractivity contribution in [3.8, 4) is 0 Å². The van der Waals surface area contributed by atoms with Crippen LogP contribution in [0.4, 0.5) is 0 Å². The third-order valence-corrected chi connectivity index (χ3v) is 1.40. The lowest BCUT2D eigenvalue weighted by atomic mass is 10.2. The molecule has 0 aromatic heterocycles. The van der Waals surface area contributed by atoms with E-state index in [0.29, 0.717) is 0 Å². The summed E-state index contributed by atoms with van der Waals surface area (Å²) in [6.45, 7) is 14.0.